The highest BCUT2D eigenvalue weighted by atomic mass is 32.2. The van der Waals surface area contributed by atoms with Gasteiger partial charge >= 0.3 is 0 Å². The molecule has 0 aliphatic rings. The van der Waals surface area contributed by atoms with Gasteiger partial charge in [0.25, 0.3) is 5.69 Å². The number of benzene rings is 3. The van der Waals surface area contributed by atoms with Crippen LogP contribution < -0.4 is 0 Å². The maximum atomic E-state index is 11.0. The van der Waals surface area contributed by atoms with E-state index >= 15 is 0 Å². The molecule has 0 saturated heterocycles. The SMILES string of the molecule is O=[N+]([O-])c1ccccc1Sc1ccc(-c2ccccc2)cc1. The summed E-state index contributed by atoms with van der Waals surface area (Å²) in [5.41, 5.74) is 2.43. The van der Waals surface area contributed by atoms with Gasteiger partial charge in [0.2, 0.25) is 0 Å². The Bertz CT molecular complexity index is 786. The summed E-state index contributed by atoms with van der Waals surface area (Å²) in [5.74, 6) is 0. The van der Waals surface area contributed by atoms with Gasteiger partial charge in [0.1, 0.15) is 0 Å². The van der Waals surface area contributed by atoms with Gasteiger partial charge in [-0.3, -0.25) is 10.1 Å². The zero-order valence-corrected chi connectivity index (χ0v) is 12.5. The summed E-state index contributed by atoms with van der Waals surface area (Å²) in [4.78, 5) is 12.3. The molecule has 3 rings (SSSR count). The second-order valence-electron chi connectivity index (χ2n) is 4.72. The fraction of sp³-hybridized carbons (Fsp3) is 0. The molecule has 0 bridgehead atoms. The maximum absolute atomic E-state index is 11.0. The van der Waals surface area contributed by atoms with E-state index in [0.29, 0.717) is 4.90 Å². The molecule has 0 saturated carbocycles. The summed E-state index contributed by atoms with van der Waals surface area (Å²) < 4.78 is 0. The number of nitrogens with zero attached hydrogens (tertiary/aromatic N) is 1. The number of nitro benzene ring substituents is 1. The molecular weight excluding hydrogens is 294 g/mol. The lowest BCUT2D eigenvalue weighted by atomic mass is 10.1. The topological polar surface area (TPSA) is 43.1 Å². The lowest BCUT2D eigenvalue weighted by Crippen LogP contribution is -1.89. The molecule has 4 heteroatoms. The molecular formula is C18H13NO2S. The highest BCUT2D eigenvalue weighted by molar-refractivity contribution is 7.99. The van der Waals surface area contributed by atoms with Gasteiger partial charge in [-0.25, -0.2) is 0 Å². The quantitative estimate of drug-likeness (QED) is 0.478. The molecule has 0 N–H and O–H groups in total. The van der Waals surface area contributed by atoms with Crippen molar-refractivity contribution in [3.63, 3.8) is 0 Å². The summed E-state index contributed by atoms with van der Waals surface area (Å²) in [7, 11) is 0. The van der Waals surface area contributed by atoms with Crippen LogP contribution in [0.4, 0.5) is 5.69 Å². The maximum Gasteiger partial charge on any atom is 0.283 e. The molecule has 0 radical (unpaired) electrons. The van der Waals surface area contributed by atoms with Crippen LogP contribution in [0.3, 0.4) is 0 Å². The Morgan fingerprint density at radius 3 is 2.00 bits per heavy atom. The van der Waals surface area contributed by atoms with Gasteiger partial charge in [-0.1, -0.05) is 66.4 Å². The van der Waals surface area contributed by atoms with Crippen molar-refractivity contribution in [3.8, 4) is 11.1 Å². The zero-order chi connectivity index (χ0) is 15.4. The first-order valence-corrected chi connectivity index (χ1v) is 7.62. The number of para-hydroxylation sites is 1. The largest absolute Gasteiger partial charge is 0.283 e. The van der Waals surface area contributed by atoms with Crippen LogP contribution in [0, 0.1) is 10.1 Å². The average Bonchev–Trinajstić information content (AvgIpc) is 2.57. The first kappa shape index (κ1) is 14.4. The summed E-state index contributed by atoms with van der Waals surface area (Å²) in [6, 6.07) is 25.0. The smallest absolute Gasteiger partial charge is 0.258 e. The number of rotatable bonds is 4. The Labute approximate surface area is 132 Å². The number of hydrogen-bond acceptors (Lipinski definition) is 3. The molecule has 108 valence electrons. The second kappa shape index (κ2) is 6.45. The third kappa shape index (κ3) is 3.18. The van der Waals surface area contributed by atoms with E-state index in [2.05, 4.69) is 12.1 Å². The van der Waals surface area contributed by atoms with Crippen molar-refractivity contribution < 1.29 is 4.92 Å². The van der Waals surface area contributed by atoms with Crippen LogP contribution in [0.15, 0.2) is 88.7 Å². The van der Waals surface area contributed by atoms with Gasteiger partial charge in [-0.2, -0.15) is 0 Å². The van der Waals surface area contributed by atoms with Crippen LogP contribution in [-0.2, 0) is 0 Å². The van der Waals surface area contributed by atoms with Crippen LogP contribution in [0.5, 0.6) is 0 Å². The predicted octanol–water partition coefficient (Wildman–Crippen LogP) is 5.41. The van der Waals surface area contributed by atoms with E-state index in [1.54, 1.807) is 12.1 Å². The van der Waals surface area contributed by atoms with Gasteiger partial charge in [0.15, 0.2) is 0 Å². The molecule has 0 unspecified atom stereocenters. The Balaban J connectivity index is 1.84. The van der Waals surface area contributed by atoms with E-state index in [1.807, 2.05) is 48.5 Å². The molecule has 0 aromatic heterocycles. The van der Waals surface area contributed by atoms with Crippen LogP contribution >= 0.6 is 11.8 Å². The third-order valence-corrected chi connectivity index (χ3v) is 4.32. The van der Waals surface area contributed by atoms with Gasteiger partial charge < -0.3 is 0 Å². The Kier molecular flexibility index (Phi) is 4.21. The average molecular weight is 307 g/mol. The van der Waals surface area contributed by atoms with E-state index in [-0.39, 0.29) is 10.6 Å². The highest BCUT2D eigenvalue weighted by Crippen LogP contribution is 2.35. The highest BCUT2D eigenvalue weighted by Gasteiger charge is 2.13. The van der Waals surface area contributed by atoms with Gasteiger partial charge in [0, 0.05) is 11.0 Å². The fourth-order valence-electron chi connectivity index (χ4n) is 2.17. The summed E-state index contributed by atoms with van der Waals surface area (Å²) >= 11 is 1.40. The molecule has 3 nitrogen and oxygen atoms in total. The van der Waals surface area contributed by atoms with Crippen molar-refractivity contribution >= 4 is 17.4 Å². The second-order valence-corrected chi connectivity index (χ2v) is 5.83. The van der Waals surface area contributed by atoms with Crippen LogP contribution in [0.25, 0.3) is 11.1 Å². The van der Waals surface area contributed by atoms with Gasteiger partial charge in [-0.15, -0.1) is 0 Å². The molecule has 0 amide bonds. The Hall–Kier alpha value is -2.59. The lowest BCUT2D eigenvalue weighted by molar-refractivity contribution is -0.387. The summed E-state index contributed by atoms with van der Waals surface area (Å²) in [6.45, 7) is 0. The van der Waals surface area contributed by atoms with Crippen molar-refractivity contribution in [3.05, 3.63) is 89.0 Å². The minimum atomic E-state index is -0.347. The third-order valence-electron chi connectivity index (χ3n) is 3.25. The lowest BCUT2D eigenvalue weighted by Gasteiger charge is -2.05. The minimum Gasteiger partial charge on any atom is -0.258 e. The van der Waals surface area contributed by atoms with Gasteiger partial charge in [0.05, 0.1) is 9.82 Å². The van der Waals surface area contributed by atoms with Crippen molar-refractivity contribution in [2.24, 2.45) is 0 Å². The first-order chi connectivity index (χ1) is 10.7. The Morgan fingerprint density at radius 2 is 1.32 bits per heavy atom. The molecule has 3 aromatic carbocycles. The van der Waals surface area contributed by atoms with Crippen molar-refractivity contribution in [2.45, 2.75) is 9.79 Å². The molecule has 0 spiro atoms. The standard InChI is InChI=1S/C18H13NO2S/c20-19(21)17-8-4-5-9-18(17)22-16-12-10-15(11-13-16)14-6-2-1-3-7-14/h1-13H. The number of hydrogen-bond donors (Lipinski definition) is 0. The van der Waals surface area contributed by atoms with E-state index < -0.39 is 0 Å². The molecule has 0 aliphatic heterocycles. The molecule has 0 fully saturated rings. The van der Waals surface area contributed by atoms with Crippen LogP contribution in [0.1, 0.15) is 0 Å². The molecule has 0 aliphatic carbocycles. The van der Waals surface area contributed by atoms with Crippen molar-refractivity contribution in [1.29, 1.82) is 0 Å². The first-order valence-electron chi connectivity index (χ1n) is 6.81. The fourth-order valence-corrected chi connectivity index (χ4v) is 3.09. The van der Waals surface area contributed by atoms with Crippen LogP contribution in [-0.4, -0.2) is 4.92 Å². The van der Waals surface area contributed by atoms with Crippen molar-refractivity contribution in [1.82, 2.24) is 0 Å². The summed E-state index contributed by atoms with van der Waals surface area (Å²) in [5, 5.41) is 11.0. The Morgan fingerprint density at radius 1 is 0.727 bits per heavy atom. The number of nitro groups is 1. The van der Waals surface area contributed by atoms with Gasteiger partial charge in [-0.05, 0) is 29.3 Å². The van der Waals surface area contributed by atoms with E-state index in [4.69, 9.17) is 0 Å². The van der Waals surface area contributed by atoms with Crippen molar-refractivity contribution in [2.75, 3.05) is 0 Å². The normalized spacial score (nSPS) is 10.4. The van der Waals surface area contributed by atoms with E-state index in [9.17, 15) is 10.1 Å². The van der Waals surface area contributed by atoms with E-state index in [1.165, 1.54) is 17.8 Å². The van der Waals surface area contributed by atoms with Crippen LogP contribution in [0.2, 0.25) is 0 Å². The predicted molar refractivity (Wildman–Crippen MR) is 89.1 cm³/mol. The zero-order valence-electron chi connectivity index (χ0n) is 11.7. The molecule has 22 heavy (non-hydrogen) atoms. The molecule has 3 aromatic rings. The minimum absolute atomic E-state index is 0.139. The molecule has 0 atom stereocenters. The van der Waals surface area contributed by atoms with E-state index in [0.717, 1.165) is 16.0 Å². The molecule has 0 heterocycles. The summed E-state index contributed by atoms with van der Waals surface area (Å²) in [6.07, 6.45) is 0. The monoisotopic (exact) mass is 307 g/mol.